The number of rotatable bonds is 2. The van der Waals surface area contributed by atoms with Gasteiger partial charge in [-0.05, 0) is 31.9 Å². The van der Waals surface area contributed by atoms with Crippen molar-refractivity contribution in [2.24, 2.45) is 5.41 Å². The van der Waals surface area contributed by atoms with Gasteiger partial charge in [0, 0.05) is 25.6 Å². The van der Waals surface area contributed by atoms with Gasteiger partial charge in [-0.25, -0.2) is 0 Å². The fourth-order valence-corrected chi connectivity index (χ4v) is 4.36. The second-order valence-corrected chi connectivity index (χ2v) is 7.14. The molecule has 2 aliphatic heterocycles. The molecule has 0 aliphatic carbocycles. The molecule has 2 aliphatic rings. The maximum absolute atomic E-state index is 13.0. The molecule has 2 atom stereocenters. The highest BCUT2D eigenvalue weighted by molar-refractivity contribution is 5.97. The molecule has 0 radical (unpaired) electrons. The average Bonchev–Trinajstić information content (AvgIpc) is 3.27. The summed E-state index contributed by atoms with van der Waals surface area (Å²) in [7, 11) is 0. The second kappa shape index (κ2) is 5.76. The lowest BCUT2D eigenvalue weighted by atomic mass is 9.73. The quantitative estimate of drug-likeness (QED) is 0.916. The molecule has 2 saturated heterocycles. The van der Waals surface area contributed by atoms with Gasteiger partial charge in [0.05, 0.1) is 11.0 Å². The Morgan fingerprint density at radius 1 is 1.28 bits per heavy atom. The summed E-state index contributed by atoms with van der Waals surface area (Å²) in [5.74, 6) is 1.40. The summed E-state index contributed by atoms with van der Waals surface area (Å²) in [5.41, 5.74) is 1.19. The Labute approximate surface area is 147 Å². The van der Waals surface area contributed by atoms with Gasteiger partial charge in [-0.1, -0.05) is 30.3 Å². The lowest BCUT2D eigenvalue weighted by molar-refractivity contribution is -0.127. The molecule has 1 spiro atoms. The van der Waals surface area contributed by atoms with Crippen molar-refractivity contribution in [2.75, 3.05) is 19.6 Å². The fourth-order valence-electron chi connectivity index (χ4n) is 4.36. The highest BCUT2D eigenvalue weighted by atomic mass is 16.3. The van der Waals surface area contributed by atoms with Crippen LogP contribution in [0.1, 0.15) is 39.8 Å². The van der Waals surface area contributed by atoms with Gasteiger partial charge in [0.15, 0.2) is 0 Å². The summed E-state index contributed by atoms with van der Waals surface area (Å²) in [6, 6.07) is 11.8. The van der Waals surface area contributed by atoms with E-state index in [0.717, 1.165) is 17.7 Å². The van der Waals surface area contributed by atoms with E-state index in [4.69, 9.17) is 4.42 Å². The molecular formula is C20H22N2O3. The summed E-state index contributed by atoms with van der Waals surface area (Å²) in [5, 5.41) is 2.97. The first-order valence-corrected chi connectivity index (χ1v) is 8.71. The minimum atomic E-state index is -0.524. The summed E-state index contributed by atoms with van der Waals surface area (Å²) in [6.07, 6.45) is 0.762. The summed E-state index contributed by atoms with van der Waals surface area (Å²) < 4.78 is 5.52. The normalized spacial score (nSPS) is 25.6. The molecule has 1 aromatic heterocycles. The van der Waals surface area contributed by atoms with E-state index in [1.54, 1.807) is 6.07 Å². The topological polar surface area (TPSA) is 62.6 Å². The van der Waals surface area contributed by atoms with Crippen molar-refractivity contribution in [3.63, 3.8) is 0 Å². The van der Waals surface area contributed by atoms with Crippen LogP contribution in [-0.4, -0.2) is 36.3 Å². The Kier molecular flexibility index (Phi) is 3.67. The van der Waals surface area contributed by atoms with E-state index in [1.165, 1.54) is 0 Å². The van der Waals surface area contributed by atoms with Gasteiger partial charge >= 0.3 is 0 Å². The van der Waals surface area contributed by atoms with Crippen LogP contribution in [0.2, 0.25) is 0 Å². The predicted molar refractivity (Wildman–Crippen MR) is 93.3 cm³/mol. The number of furan rings is 1. The highest BCUT2D eigenvalue weighted by Crippen LogP contribution is 2.48. The van der Waals surface area contributed by atoms with Crippen molar-refractivity contribution < 1.29 is 14.0 Å². The lowest BCUT2D eigenvalue weighted by Crippen LogP contribution is -2.38. The van der Waals surface area contributed by atoms with Gasteiger partial charge in [-0.2, -0.15) is 0 Å². The molecule has 2 fully saturated rings. The van der Waals surface area contributed by atoms with E-state index in [1.807, 2.05) is 36.9 Å². The van der Waals surface area contributed by atoms with Gasteiger partial charge in [0.1, 0.15) is 11.5 Å². The van der Waals surface area contributed by atoms with Crippen LogP contribution >= 0.6 is 0 Å². The van der Waals surface area contributed by atoms with E-state index in [9.17, 15) is 9.59 Å². The van der Waals surface area contributed by atoms with E-state index in [2.05, 4.69) is 17.4 Å². The number of carbonyl (C=O) groups excluding carboxylic acids is 2. The van der Waals surface area contributed by atoms with Crippen molar-refractivity contribution >= 4 is 11.8 Å². The van der Waals surface area contributed by atoms with Crippen LogP contribution in [0.5, 0.6) is 0 Å². The maximum Gasteiger partial charge on any atom is 0.257 e. The van der Waals surface area contributed by atoms with Crippen molar-refractivity contribution in [1.82, 2.24) is 10.2 Å². The Morgan fingerprint density at radius 3 is 2.64 bits per heavy atom. The number of likely N-dealkylation sites (tertiary alicyclic amines) is 1. The van der Waals surface area contributed by atoms with Gasteiger partial charge in [-0.15, -0.1) is 0 Å². The van der Waals surface area contributed by atoms with Gasteiger partial charge in [0.2, 0.25) is 5.91 Å². The molecule has 130 valence electrons. The summed E-state index contributed by atoms with van der Waals surface area (Å²) in [6.45, 7) is 5.34. The van der Waals surface area contributed by atoms with Crippen LogP contribution in [0.25, 0.3) is 0 Å². The first kappa shape index (κ1) is 15.9. The molecule has 5 heteroatoms. The summed E-state index contributed by atoms with van der Waals surface area (Å²) >= 11 is 0. The number of aryl methyl sites for hydroxylation is 2. The first-order valence-electron chi connectivity index (χ1n) is 8.71. The van der Waals surface area contributed by atoms with E-state index >= 15 is 0 Å². The fraction of sp³-hybridized carbons (Fsp3) is 0.400. The van der Waals surface area contributed by atoms with Crippen LogP contribution in [-0.2, 0) is 4.79 Å². The molecule has 1 aromatic carbocycles. The molecule has 0 bridgehead atoms. The molecule has 5 nitrogen and oxygen atoms in total. The minimum Gasteiger partial charge on any atom is -0.466 e. The third-order valence-electron chi connectivity index (χ3n) is 5.61. The Bertz CT molecular complexity index is 827. The predicted octanol–water partition coefficient (Wildman–Crippen LogP) is 2.64. The van der Waals surface area contributed by atoms with Crippen molar-refractivity contribution in [3.8, 4) is 0 Å². The number of hydrogen-bond donors (Lipinski definition) is 1. The maximum atomic E-state index is 13.0. The molecule has 2 amide bonds. The number of nitrogens with one attached hydrogen (secondary N) is 1. The Hall–Kier alpha value is -2.56. The molecule has 0 unspecified atom stereocenters. The summed E-state index contributed by atoms with van der Waals surface area (Å²) in [4.78, 5) is 27.5. The van der Waals surface area contributed by atoms with Crippen molar-refractivity contribution in [2.45, 2.75) is 26.2 Å². The average molecular weight is 338 g/mol. The zero-order chi connectivity index (χ0) is 17.6. The van der Waals surface area contributed by atoms with E-state index in [-0.39, 0.29) is 17.7 Å². The first-order chi connectivity index (χ1) is 12.0. The molecule has 1 N–H and O–H groups in total. The SMILES string of the molecule is Cc1cc(C(=O)N2C[C@@H](c3ccccc3)[C@@]3(CCNC3=O)C2)c(C)o1. The monoisotopic (exact) mass is 338 g/mol. The van der Waals surface area contributed by atoms with Crippen molar-refractivity contribution in [1.29, 1.82) is 0 Å². The van der Waals surface area contributed by atoms with E-state index < -0.39 is 5.41 Å². The number of nitrogens with zero attached hydrogens (tertiary/aromatic N) is 1. The van der Waals surface area contributed by atoms with Crippen LogP contribution in [0.4, 0.5) is 0 Å². The standard InChI is InChI=1S/C20H22N2O3/c1-13-10-16(14(2)25-13)18(23)22-11-17(15-6-4-3-5-7-15)20(12-22)8-9-21-19(20)24/h3-7,10,17H,8-9,11-12H2,1-2H3,(H,21,24)/t17-,20+/m0/s1. The van der Waals surface area contributed by atoms with Gasteiger partial charge in [0.25, 0.3) is 5.91 Å². The highest BCUT2D eigenvalue weighted by Gasteiger charge is 2.55. The molecule has 3 heterocycles. The third kappa shape index (κ3) is 2.46. The molecule has 25 heavy (non-hydrogen) atoms. The molecule has 4 rings (SSSR count). The van der Waals surface area contributed by atoms with Crippen molar-refractivity contribution in [3.05, 3.63) is 59.0 Å². The second-order valence-electron chi connectivity index (χ2n) is 7.14. The molecule has 2 aromatic rings. The number of benzene rings is 1. The zero-order valence-corrected chi connectivity index (χ0v) is 14.5. The van der Waals surface area contributed by atoms with Crippen LogP contribution in [0, 0.1) is 19.3 Å². The smallest absolute Gasteiger partial charge is 0.257 e. The molecule has 0 saturated carbocycles. The van der Waals surface area contributed by atoms with Gasteiger partial charge < -0.3 is 14.6 Å². The van der Waals surface area contributed by atoms with E-state index in [0.29, 0.717) is 31.0 Å². The zero-order valence-electron chi connectivity index (χ0n) is 14.5. The number of hydrogen-bond acceptors (Lipinski definition) is 3. The Balaban J connectivity index is 1.70. The van der Waals surface area contributed by atoms with Crippen LogP contribution in [0.15, 0.2) is 40.8 Å². The van der Waals surface area contributed by atoms with Gasteiger partial charge in [-0.3, -0.25) is 9.59 Å². The third-order valence-corrected chi connectivity index (χ3v) is 5.61. The Morgan fingerprint density at radius 2 is 2.04 bits per heavy atom. The van der Waals surface area contributed by atoms with Crippen LogP contribution < -0.4 is 5.32 Å². The minimum absolute atomic E-state index is 0.0217. The molecular weight excluding hydrogens is 316 g/mol. The van der Waals surface area contributed by atoms with Crippen LogP contribution in [0.3, 0.4) is 0 Å². The number of carbonyl (C=O) groups is 2. The lowest BCUT2D eigenvalue weighted by Gasteiger charge is -2.27. The number of amides is 2. The largest absolute Gasteiger partial charge is 0.466 e.